The minimum Gasteiger partial charge on any atom is -0.333 e. The number of nitrogens with two attached hydrogens (primary N) is 1. The third kappa shape index (κ3) is 2.80. The Morgan fingerprint density at radius 3 is 2.84 bits per heavy atom. The van der Waals surface area contributed by atoms with Gasteiger partial charge < -0.3 is 4.57 Å². The molecule has 0 aliphatic heterocycles. The van der Waals surface area contributed by atoms with Gasteiger partial charge in [-0.05, 0) is 12.5 Å². The molecule has 102 valence electrons. The summed E-state index contributed by atoms with van der Waals surface area (Å²) < 4.78 is 28.7. The topological polar surface area (TPSA) is 55.9 Å². The van der Waals surface area contributed by atoms with E-state index >= 15 is 0 Å². The van der Waals surface area contributed by atoms with Crippen molar-refractivity contribution in [2.75, 3.05) is 0 Å². The second-order valence-electron chi connectivity index (χ2n) is 4.24. The van der Waals surface area contributed by atoms with Gasteiger partial charge in [-0.15, -0.1) is 0 Å². The number of halogens is 2. The molecule has 0 fully saturated rings. The largest absolute Gasteiger partial charge is 0.333 e. The molecule has 6 heteroatoms. The van der Waals surface area contributed by atoms with Crippen molar-refractivity contribution in [1.29, 1.82) is 0 Å². The maximum Gasteiger partial charge on any atom is 0.131 e. The maximum absolute atomic E-state index is 13.8. The molecule has 0 radical (unpaired) electrons. The van der Waals surface area contributed by atoms with Crippen molar-refractivity contribution in [3.63, 3.8) is 0 Å². The fourth-order valence-corrected chi connectivity index (χ4v) is 2.05. The highest BCUT2D eigenvalue weighted by molar-refractivity contribution is 5.27. The molecule has 1 aromatic heterocycles. The lowest BCUT2D eigenvalue weighted by atomic mass is 10.1. The minimum absolute atomic E-state index is 0.271. The van der Waals surface area contributed by atoms with Crippen LogP contribution in [0.4, 0.5) is 8.78 Å². The molecular weight excluding hydrogens is 250 g/mol. The van der Waals surface area contributed by atoms with E-state index in [-0.39, 0.29) is 5.56 Å². The lowest BCUT2D eigenvalue weighted by Crippen LogP contribution is -2.31. The molecule has 0 spiro atoms. The number of aryl methyl sites for hydroxylation is 1. The molecule has 2 aromatic rings. The van der Waals surface area contributed by atoms with Crippen LogP contribution in [-0.2, 0) is 6.54 Å². The minimum atomic E-state index is -0.644. The van der Waals surface area contributed by atoms with E-state index in [9.17, 15) is 8.78 Å². The first-order valence-corrected chi connectivity index (χ1v) is 6.09. The Labute approximate surface area is 110 Å². The summed E-state index contributed by atoms with van der Waals surface area (Å²) in [6, 6.07) is 2.81. The highest BCUT2D eigenvalue weighted by atomic mass is 19.1. The Morgan fingerprint density at radius 2 is 2.21 bits per heavy atom. The van der Waals surface area contributed by atoms with E-state index < -0.39 is 17.7 Å². The molecule has 1 heterocycles. The molecular formula is C13H16F2N4. The number of hydrogen-bond donors (Lipinski definition) is 2. The quantitative estimate of drug-likeness (QED) is 0.644. The van der Waals surface area contributed by atoms with Crippen LogP contribution in [-0.4, -0.2) is 9.55 Å². The fourth-order valence-electron chi connectivity index (χ4n) is 2.05. The second-order valence-corrected chi connectivity index (χ2v) is 4.24. The van der Waals surface area contributed by atoms with Gasteiger partial charge in [0.25, 0.3) is 0 Å². The summed E-state index contributed by atoms with van der Waals surface area (Å²) in [5.74, 6) is 4.85. The van der Waals surface area contributed by atoms with Crippen LogP contribution in [0.5, 0.6) is 0 Å². The van der Waals surface area contributed by atoms with Crippen molar-refractivity contribution >= 4 is 0 Å². The van der Waals surface area contributed by atoms with Crippen molar-refractivity contribution in [3.05, 3.63) is 53.6 Å². The molecule has 0 amide bonds. The second kappa shape index (κ2) is 5.90. The summed E-state index contributed by atoms with van der Waals surface area (Å²) in [6.07, 6.45) is 4.37. The Hall–Kier alpha value is -1.79. The summed E-state index contributed by atoms with van der Waals surface area (Å²) in [6.45, 7) is 2.80. The van der Waals surface area contributed by atoms with Crippen molar-refractivity contribution in [2.45, 2.75) is 25.9 Å². The third-order valence-electron chi connectivity index (χ3n) is 2.91. The first-order chi connectivity index (χ1) is 9.17. The van der Waals surface area contributed by atoms with Gasteiger partial charge in [0.2, 0.25) is 0 Å². The molecule has 1 unspecified atom stereocenters. The molecule has 0 saturated heterocycles. The average molecular weight is 266 g/mol. The molecule has 0 bridgehead atoms. The summed E-state index contributed by atoms with van der Waals surface area (Å²) in [5, 5.41) is 0. The predicted molar refractivity (Wildman–Crippen MR) is 68.0 cm³/mol. The van der Waals surface area contributed by atoms with E-state index in [0.29, 0.717) is 5.82 Å². The zero-order chi connectivity index (χ0) is 13.8. The summed E-state index contributed by atoms with van der Waals surface area (Å²) >= 11 is 0. The first-order valence-electron chi connectivity index (χ1n) is 6.09. The molecule has 3 N–H and O–H groups in total. The molecule has 0 saturated carbocycles. The Bertz CT molecular complexity index is 553. The number of hydrogen-bond acceptors (Lipinski definition) is 3. The van der Waals surface area contributed by atoms with Gasteiger partial charge in [-0.1, -0.05) is 13.0 Å². The molecule has 1 aromatic carbocycles. The van der Waals surface area contributed by atoms with E-state index in [0.717, 1.165) is 19.0 Å². The van der Waals surface area contributed by atoms with Gasteiger partial charge in [0.1, 0.15) is 23.5 Å². The van der Waals surface area contributed by atoms with E-state index in [2.05, 4.69) is 10.4 Å². The maximum atomic E-state index is 13.8. The van der Waals surface area contributed by atoms with Crippen LogP contribution in [0.15, 0.2) is 30.6 Å². The molecule has 0 aliphatic carbocycles. The van der Waals surface area contributed by atoms with Gasteiger partial charge in [-0.25, -0.2) is 19.2 Å². The summed E-state index contributed by atoms with van der Waals surface area (Å²) in [4.78, 5) is 4.21. The van der Waals surface area contributed by atoms with Crippen molar-refractivity contribution < 1.29 is 8.78 Å². The van der Waals surface area contributed by atoms with Gasteiger partial charge in [-0.3, -0.25) is 5.84 Å². The lowest BCUT2D eigenvalue weighted by Gasteiger charge is -2.18. The lowest BCUT2D eigenvalue weighted by molar-refractivity contribution is 0.508. The smallest absolute Gasteiger partial charge is 0.131 e. The Balaban J connectivity index is 2.41. The number of hydrazine groups is 1. The van der Waals surface area contributed by atoms with Gasteiger partial charge in [0.05, 0.1) is 0 Å². The number of rotatable bonds is 5. The SMILES string of the molecule is CCCn1ccnc1C(NN)c1ccc(F)cc1F. The normalized spacial score (nSPS) is 12.6. The van der Waals surface area contributed by atoms with E-state index in [1.807, 2.05) is 17.7 Å². The number of imidazole rings is 1. The molecule has 0 aliphatic rings. The number of nitrogens with one attached hydrogen (secondary N) is 1. The summed E-state index contributed by atoms with van der Waals surface area (Å²) in [7, 11) is 0. The molecule has 1 atom stereocenters. The van der Waals surface area contributed by atoms with Crippen molar-refractivity contribution in [3.8, 4) is 0 Å². The summed E-state index contributed by atoms with van der Waals surface area (Å²) in [5.41, 5.74) is 2.80. The molecule has 4 nitrogen and oxygen atoms in total. The number of benzene rings is 1. The van der Waals surface area contributed by atoms with Crippen LogP contribution in [0, 0.1) is 11.6 Å². The van der Waals surface area contributed by atoms with Gasteiger partial charge in [0, 0.05) is 30.6 Å². The van der Waals surface area contributed by atoms with Crippen molar-refractivity contribution in [2.24, 2.45) is 5.84 Å². The Morgan fingerprint density at radius 1 is 1.42 bits per heavy atom. The first kappa shape index (κ1) is 13.6. The van der Waals surface area contributed by atoms with Crippen molar-refractivity contribution in [1.82, 2.24) is 15.0 Å². The van der Waals surface area contributed by atoms with Gasteiger partial charge >= 0.3 is 0 Å². The Kier molecular flexibility index (Phi) is 4.24. The van der Waals surface area contributed by atoms with Crippen LogP contribution in [0.3, 0.4) is 0 Å². The monoisotopic (exact) mass is 266 g/mol. The molecule has 2 rings (SSSR count). The number of nitrogens with zero attached hydrogens (tertiary/aromatic N) is 2. The fraction of sp³-hybridized carbons (Fsp3) is 0.308. The van der Waals surface area contributed by atoms with E-state index in [1.54, 1.807) is 6.20 Å². The third-order valence-corrected chi connectivity index (χ3v) is 2.91. The average Bonchev–Trinajstić information content (AvgIpc) is 2.82. The van der Waals surface area contributed by atoms with Crippen LogP contribution < -0.4 is 11.3 Å². The van der Waals surface area contributed by atoms with E-state index in [1.165, 1.54) is 12.1 Å². The van der Waals surface area contributed by atoms with Crippen LogP contribution in [0.2, 0.25) is 0 Å². The predicted octanol–water partition coefficient (Wildman–Crippen LogP) is 2.12. The van der Waals surface area contributed by atoms with E-state index in [4.69, 9.17) is 5.84 Å². The van der Waals surface area contributed by atoms with Crippen LogP contribution in [0.25, 0.3) is 0 Å². The number of aromatic nitrogens is 2. The molecule has 19 heavy (non-hydrogen) atoms. The van der Waals surface area contributed by atoms with Crippen LogP contribution >= 0.6 is 0 Å². The van der Waals surface area contributed by atoms with Crippen LogP contribution in [0.1, 0.15) is 30.8 Å². The van der Waals surface area contributed by atoms with Gasteiger partial charge in [-0.2, -0.15) is 0 Å². The van der Waals surface area contributed by atoms with Gasteiger partial charge in [0.15, 0.2) is 0 Å². The highest BCUT2D eigenvalue weighted by Gasteiger charge is 2.21. The zero-order valence-electron chi connectivity index (χ0n) is 10.6. The zero-order valence-corrected chi connectivity index (χ0v) is 10.6. The standard InChI is InChI=1S/C13H16F2N4/c1-2-6-19-7-5-17-13(19)12(18-16)10-4-3-9(14)8-11(10)15/h3-5,7-8,12,18H,2,6,16H2,1H3. The highest BCUT2D eigenvalue weighted by Crippen LogP contribution is 2.23.